The molecule has 3 heterocycles. The Morgan fingerprint density at radius 1 is 1.17 bits per heavy atom. The molecule has 1 unspecified atom stereocenters. The van der Waals surface area contributed by atoms with E-state index in [1.54, 1.807) is 0 Å². The minimum Gasteiger partial charge on any atom is -0.355 e. The van der Waals surface area contributed by atoms with Crippen LogP contribution in [0.2, 0.25) is 0 Å². The molecular formula is C24H27N5O. The normalized spacial score (nSPS) is 20.0. The predicted molar refractivity (Wildman–Crippen MR) is 117 cm³/mol. The smallest absolute Gasteiger partial charge is 0.231 e. The molecule has 0 radical (unpaired) electrons. The van der Waals surface area contributed by atoms with Crippen LogP contribution in [0.1, 0.15) is 30.9 Å². The number of fused-ring (bicyclic) bond motifs is 1. The van der Waals surface area contributed by atoms with Crippen LogP contribution in [-0.4, -0.2) is 45.0 Å². The number of likely N-dealkylation sites (tertiary alicyclic amines) is 1. The Bertz CT molecular complexity index is 1080. The first-order valence-corrected chi connectivity index (χ1v) is 10.7. The van der Waals surface area contributed by atoms with E-state index >= 15 is 0 Å². The minimum atomic E-state index is -0.0318. The number of nitrogens with zero attached hydrogens (tertiary/aromatic N) is 4. The molecule has 1 amide bonds. The van der Waals surface area contributed by atoms with Crippen molar-refractivity contribution in [2.75, 3.05) is 19.6 Å². The van der Waals surface area contributed by atoms with Crippen molar-refractivity contribution in [2.24, 2.45) is 11.8 Å². The van der Waals surface area contributed by atoms with Gasteiger partial charge in [-0.2, -0.15) is 5.10 Å². The Morgan fingerprint density at radius 2 is 1.97 bits per heavy atom. The molecule has 154 valence electrons. The largest absolute Gasteiger partial charge is 0.355 e. The second kappa shape index (κ2) is 8.03. The van der Waals surface area contributed by atoms with Gasteiger partial charge in [-0.15, -0.1) is 0 Å². The Labute approximate surface area is 176 Å². The van der Waals surface area contributed by atoms with Gasteiger partial charge in [0.25, 0.3) is 0 Å². The van der Waals surface area contributed by atoms with E-state index in [-0.39, 0.29) is 11.8 Å². The maximum absolute atomic E-state index is 12.7. The summed E-state index contributed by atoms with van der Waals surface area (Å²) in [5.41, 5.74) is 5.69. The van der Waals surface area contributed by atoms with Gasteiger partial charge in [-0.05, 0) is 56.0 Å². The topological polar surface area (TPSA) is 62.5 Å². The second-order valence-electron chi connectivity index (χ2n) is 8.42. The summed E-state index contributed by atoms with van der Waals surface area (Å²) in [6, 6.07) is 12.1. The molecule has 1 saturated heterocycles. The number of benzene rings is 1. The SMILES string of the molecule is CC1=C(c2ccccc2)C1C(=O)NCC1CCN(Cc2cnn3cccnc23)CC1. The number of nitrogens with one attached hydrogen (secondary N) is 1. The molecule has 1 aliphatic carbocycles. The van der Waals surface area contributed by atoms with E-state index in [2.05, 4.69) is 39.4 Å². The Hall–Kier alpha value is -2.99. The van der Waals surface area contributed by atoms with Gasteiger partial charge in [0, 0.05) is 31.0 Å². The fraction of sp³-hybridized carbons (Fsp3) is 0.375. The fourth-order valence-electron chi connectivity index (χ4n) is 4.59. The molecule has 0 saturated carbocycles. The standard InChI is InChI=1S/C24H27N5O/c1-17-21(19-6-3-2-4-7-19)22(17)24(30)26-14-18-8-12-28(13-9-18)16-20-15-27-29-11-5-10-25-23(20)29/h2-7,10-11,15,18,22H,8-9,12-14,16H2,1H3,(H,26,30). The van der Waals surface area contributed by atoms with Crippen molar-refractivity contribution in [3.8, 4) is 0 Å². The van der Waals surface area contributed by atoms with E-state index in [9.17, 15) is 4.79 Å². The van der Waals surface area contributed by atoms with Crippen LogP contribution >= 0.6 is 0 Å². The van der Waals surface area contributed by atoms with Crippen molar-refractivity contribution in [3.05, 3.63) is 71.7 Å². The minimum absolute atomic E-state index is 0.0318. The molecule has 1 N–H and O–H groups in total. The molecule has 5 rings (SSSR count). The molecule has 3 aromatic rings. The highest BCUT2D eigenvalue weighted by molar-refractivity contribution is 6.05. The van der Waals surface area contributed by atoms with Crippen molar-refractivity contribution in [3.63, 3.8) is 0 Å². The molecule has 30 heavy (non-hydrogen) atoms. The Balaban J connectivity index is 1.08. The van der Waals surface area contributed by atoms with Crippen molar-refractivity contribution in [1.29, 1.82) is 0 Å². The van der Waals surface area contributed by atoms with Gasteiger partial charge in [0.05, 0.1) is 12.1 Å². The van der Waals surface area contributed by atoms with Crippen LogP contribution in [0, 0.1) is 11.8 Å². The zero-order valence-electron chi connectivity index (χ0n) is 17.3. The van der Waals surface area contributed by atoms with Crippen LogP contribution in [0.15, 0.2) is 60.6 Å². The Kier molecular flexibility index (Phi) is 5.09. The zero-order valence-corrected chi connectivity index (χ0v) is 17.3. The van der Waals surface area contributed by atoms with Gasteiger partial charge in [-0.1, -0.05) is 35.9 Å². The molecule has 6 nitrogen and oxygen atoms in total. The molecule has 0 spiro atoms. The van der Waals surface area contributed by atoms with Crippen LogP contribution in [0.3, 0.4) is 0 Å². The number of rotatable bonds is 6. The first-order chi connectivity index (χ1) is 14.7. The molecular weight excluding hydrogens is 374 g/mol. The summed E-state index contributed by atoms with van der Waals surface area (Å²) in [6.07, 6.45) is 7.88. The van der Waals surface area contributed by atoms with Gasteiger partial charge in [0.2, 0.25) is 5.91 Å². The van der Waals surface area contributed by atoms with E-state index in [0.717, 1.165) is 44.7 Å². The summed E-state index contributed by atoms with van der Waals surface area (Å²) in [6.45, 7) is 5.81. The molecule has 1 aliphatic heterocycles. The van der Waals surface area contributed by atoms with Crippen molar-refractivity contribution in [2.45, 2.75) is 26.3 Å². The maximum Gasteiger partial charge on any atom is 0.231 e. The lowest BCUT2D eigenvalue weighted by Crippen LogP contribution is -2.39. The van der Waals surface area contributed by atoms with Crippen LogP contribution in [0.5, 0.6) is 0 Å². The summed E-state index contributed by atoms with van der Waals surface area (Å²) in [5, 5.41) is 7.59. The molecule has 2 aromatic heterocycles. The lowest BCUT2D eigenvalue weighted by molar-refractivity contribution is -0.121. The summed E-state index contributed by atoms with van der Waals surface area (Å²) in [5.74, 6) is 0.674. The fourth-order valence-corrected chi connectivity index (χ4v) is 4.59. The van der Waals surface area contributed by atoms with Crippen LogP contribution < -0.4 is 5.32 Å². The zero-order chi connectivity index (χ0) is 20.5. The van der Waals surface area contributed by atoms with Crippen molar-refractivity contribution >= 4 is 17.1 Å². The monoisotopic (exact) mass is 401 g/mol. The van der Waals surface area contributed by atoms with E-state index in [1.165, 1.54) is 22.3 Å². The van der Waals surface area contributed by atoms with Crippen LogP contribution in [-0.2, 0) is 11.3 Å². The van der Waals surface area contributed by atoms with E-state index in [0.29, 0.717) is 5.92 Å². The number of carbonyl (C=O) groups is 1. The molecule has 6 heteroatoms. The van der Waals surface area contributed by atoms with Gasteiger partial charge >= 0.3 is 0 Å². The van der Waals surface area contributed by atoms with Gasteiger partial charge in [0.15, 0.2) is 5.65 Å². The Morgan fingerprint density at radius 3 is 2.77 bits per heavy atom. The van der Waals surface area contributed by atoms with Gasteiger partial charge in [-0.3, -0.25) is 9.69 Å². The highest BCUT2D eigenvalue weighted by atomic mass is 16.2. The van der Waals surface area contributed by atoms with E-state index < -0.39 is 0 Å². The number of aromatic nitrogens is 3. The first-order valence-electron chi connectivity index (χ1n) is 10.7. The number of hydrogen-bond donors (Lipinski definition) is 1. The molecule has 1 atom stereocenters. The van der Waals surface area contributed by atoms with Crippen molar-refractivity contribution < 1.29 is 4.79 Å². The van der Waals surface area contributed by atoms with Crippen LogP contribution in [0.4, 0.5) is 0 Å². The van der Waals surface area contributed by atoms with Crippen molar-refractivity contribution in [1.82, 2.24) is 24.8 Å². The van der Waals surface area contributed by atoms with E-state index in [1.807, 2.05) is 47.4 Å². The summed E-state index contributed by atoms with van der Waals surface area (Å²) in [4.78, 5) is 19.6. The van der Waals surface area contributed by atoms with Crippen LogP contribution in [0.25, 0.3) is 11.2 Å². The summed E-state index contributed by atoms with van der Waals surface area (Å²) < 4.78 is 1.83. The maximum atomic E-state index is 12.7. The molecule has 2 aliphatic rings. The van der Waals surface area contributed by atoms with E-state index in [4.69, 9.17) is 0 Å². The third kappa shape index (κ3) is 3.75. The average molecular weight is 402 g/mol. The lowest BCUT2D eigenvalue weighted by atomic mass is 9.96. The first kappa shape index (κ1) is 19.0. The highest BCUT2D eigenvalue weighted by Gasteiger charge is 2.39. The number of carbonyl (C=O) groups excluding carboxylic acids is 1. The highest BCUT2D eigenvalue weighted by Crippen LogP contribution is 2.46. The number of hydrogen-bond acceptors (Lipinski definition) is 4. The number of piperidine rings is 1. The second-order valence-corrected chi connectivity index (χ2v) is 8.42. The molecule has 1 fully saturated rings. The molecule has 1 aromatic carbocycles. The molecule has 0 bridgehead atoms. The average Bonchev–Trinajstić information content (AvgIpc) is 3.30. The third-order valence-electron chi connectivity index (χ3n) is 6.43. The van der Waals surface area contributed by atoms with Gasteiger partial charge < -0.3 is 5.32 Å². The van der Waals surface area contributed by atoms with Gasteiger partial charge in [0.1, 0.15) is 0 Å². The predicted octanol–water partition coefficient (Wildman–Crippen LogP) is 3.16. The quantitative estimate of drug-likeness (QED) is 0.689. The third-order valence-corrected chi connectivity index (χ3v) is 6.43. The lowest BCUT2D eigenvalue weighted by Gasteiger charge is -2.31. The summed E-state index contributed by atoms with van der Waals surface area (Å²) >= 11 is 0. The van der Waals surface area contributed by atoms with Gasteiger partial charge in [-0.25, -0.2) is 9.50 Å². The number of amides is 1. The summed E-state index contributed by atoms with van der Waals surface area (Å²) in [7, 11) is 0.